The van der Waals surface area contributed by atoms with Gasteiger partial charge in [0.15, 0.2) is 0 Å². The first-order valence-electron chi connectivity index (χ1n) is 8.55. The molecule has 27 heavy (non-hydrogen) atoms. The highest BCUT2D eigenvalue weighted by atomic mass is 32.2. The van der Waals surface area contributed by atoms with Gasteiger partial charge in [-0.25, -0.2) is 9.97 Å². The van der Waals surface area contributed by atoms with E-state index in [0.717, 1.165) is 33.1 Å². The van der Waals surface area contributed by atoms with E-state index >= 15 is 0 Å². The molecular formula is C20H18N4OS2. The van der Waals surface area contributed by atoms with Gasteiger partial charge in [-0.3, -0.25) is 4.79 Å². The van der Waals surface area contributed by atoms with Gasteiger partial charge in [0.2, 0.25) is 5.91 Å². The van der Waals surface area contributed by atoms with Crippen LogP contribution in [0.3, 0.4) is 0 Å². The monoisotopic (exact) mass is 394 g/mol. The van der Waals surface area contributed by atoms with Crippen molar-refractivity contribution >= 4 is 45.7 Å². The molecule has 0 bridgehead atoms. The van der Waals surface area contributed by atoms with Gasteiger partial charge in [-0.15, -0.1) is 23.1 Å². The van der Waals surface area contributed by atoms with Gasteiger partial charge in [0, 0.05) is 22.8 Å². The van der Waals surface area contributed by atoms with Gasteiger partial charge < -0.3 is 10.3 Å². The van der Waals surface area contributed by atoms with Crippen molar-refractivity contribution in [2.24, 2.45) is 0 Å². The Morgan fingerprint density at radius 3 is 2.78 bits per heavy atom. The summed E-state index contributed by atoms with van der Waals surface area (Å²) in [4.78, 5) is 24.5. The summed E-state index contributed by atoms with van der Waals surface area (Å²) in [5.41, 5.74) is 3.81. The number of aromatic amines is 1. The van der Waals surface area contributed by atoms with Gasteiger partial charge in [0.05, 0.1) is 22.0 Å². The lowest BCUT2D eigenvalue weighted by Crippen LogP contribution is -2.14. The molecule has 2 aromatic carbocycles. The van der Waals surface area contributed by atoms with Crippen LogP contribution < -0.4 is 5.32 Å². The molecular weight excluding hydrogens is 376 g/mol. The Bertz CT molecular complexity index is 1010. The van der Waals surface area contributed by atoms with Gasteiger partial charge in [0.1, 0.15) is 10.8 Å². The molecule has 0 saturated carbocycles. The van der Waals surface area contributed by atoms with Crippen molar-refractivity contribution in [3.05, 3.63) is 65.9 Å². The Kier molecular flexibility index (Phi) is 5.22. The number of hydrogen-bond acceptors (Lipinski definition) is 5. The van der Waals surface area contributed by atoms with Gasteiger partial charge >= 0.3 is 0 Å². The number of nitrogens with one attached hydrogen (secondary N) is 2. The predicted octanol–water partition coefficient (Wildman–Crippen LogP) is 5.12. The van der Waals surface area contributed by atoms with Crippen LogP contribution in [0.4, 0.5) is 5.69 Å². The number of hydrogen-bond donors (Lipinski definition) is 2. The Morgan fingerprint density at radius 1 is 1.22 bits per heavy atom. The van der Waals surface area contributed by atoms with E-state index in [1.165, 1.54) is 0 Å². The number of H-pyrrole nitrogens is 1. The molecule has 2 aromatic heterocycles. The lowest BCUT2D eigenvalue weighted by Gasteiger charge is -2.09. The number of fused-ring (bicyclic) bond motifs is 1. The van der Waals surface area contributed by atoms with Gasteiger partial charge in [0.25, 0.3) is 0 Å². The minimum absolute atomic E-state index is 0.0232. The van der Waals surface area contributed by atoms with Crippen molar-refractivity contribution < 1.29 is 4.79 Å². The van der Waals surface area contributed by atoms with Crippen LogP contribution in [0, 0.1) is 0 Å². The number of carbonyl (C=O) groups is 1. The molecule has 2 N–H and O–H groups in total. The summed E-state index contributed by atoms with van der Waals surface area (Å²) in [6.07, 6.45) is 1.79. The lowest BCUT2D eigenvalue weighted by molar-refractivity contribution is -0.113. The van der Waals surface area contributed by atoms with Crippen molar-refractivity contribution in [1.29, 1.82) is 0 Å². The first-order valence-corrected chi connectivity index (χ1v) is 10.5. The Hall–Kier alpha value is -2.64. The number of thioether (sulfide) groups is 1. The Balaban J connectivity index is 1.32. The summed E-state index contributed by atoms with van der Waals surface area (Å²) in [6.45, 7) is 2.05. The molecule has 7 heteroatoms. The van der Waals surface area contributed by atoms with Crippen LogP contribution in [0.25, 0.3) is 21.6 Å². The highest BCUT2D eigenvalue weighted by Crippen LogP contribution is 2.28. The van der Waals surface area contributed by atoms with Crippen LogP contribution in [0.15, 0.2) is 60.1 Å². The van der Waals surface area contributed by atoms with E-state index in [2.05, 4.69) is 27.2 Å². The third-order valence-corrected chi connectivity index (χ3v) is 6.08. The van der Waals surface area contributed by atoms with Crippen LogP contribution in [0.2, 0.25) is 0 Å². The molecule has 0 aliphatic carbocycles. The van der Waals surface area contributed by atoms with Crippen molar-refractivity contribution in [3.8, 4) is 10.6 Å². The molecule has 1 unspecified atom stereocenters. The summed E-state index contributed by atoms with van der Waals surface area (Å²) >= 11 is 3.15. The average molecular weight is 395 g/mol. The first-order chi connectivity index (χ1) is 13.2. The van der Waals surface area contributed by atoms with Crippen molar-refractivity contribution in [3.63, 3.8) is 0 Å². The van der Waals surface area contributed by atoms with E-state index in [-0.39, 0.29) is 11.2 Å². The first kappa shape index (κ1) is 17.8. The number of thiazole rings is 1. The molecule has 4 aromatic rings. The average Bonchev–Trinajstić information content (AvgIpc) is 3.36. The quantitative estimate of drug-likeness (QED) is 0.476. The van der Waals surface area contributed by atoms with E-state index in [1.54, 1.807) is 29.3 Å². The van der Waals surface area contributed by atoms with Gasteiger partial charge in [-0.1, -0.05) is 12.1 Å². The molecule has 2 heterocycles. The largest absolute Gasteiger partial charge is 0.341 e. The molecule has 1 amide bonds. The van der Waals surface area contributed by atoms with Crippen LogP contribution in [0.5, 0.6) is 0 Å². The van der Waals surface area contributed by atoms with Gasteiger partial charge in [-0.05, 0) is 43.3 Å². The predicted molar refractivity (Wildman–Crippen MR) is 113 cm³/mol. The summed E-state index contributed by atoms with van der Waals surface area (Å²) < 4.78 is 0. The Morgan fingerprint density at radius 2 is 2.04 bits per heavy atom. The van der Waals surface area contributed by atoms with Crippen molar-refractivity contribution in [1.82, 2.24) is 15.0 Å². The molecule has 0 saturated heterocycles. The third kappa shape index (κ3) is 4.20. The molecule has 0 radical (unpaired) electrons. The second-order valence-electron chi connectivity index (χ2n) is 6.06. The van der Waals surface area contributed by atoms with E-state index in [1.807, 2.05) is 53.9 Å². The van der Waals surface area contributed by atoms with Crippen LogP contribution in [-0.2, 0) is 4.79 Å². The number of carbonyl (C=O) groups excluding carboxylic acids is 1. The highest BCUT2D eigenvalue weighted by Gasteiger charge is 2.13. The number of rotatable bonds is 6. The fourth-order valence-corrected chi connectivity index (χ4v) is 4.09. The second kappa shape index (κ2) is 7.94. The van der Waals surface area contributed by atoms with Crippen molar-refractivity contribution in [2.45, 2.75) is 12.2 Å². The lowest BCUT2D eigenvalue weighted by atomic mass is 10.2. The zero-order valence-electron chi connectivity index (χ0n) is 14.7. The van der Waals surface area contributed by atoms with E-state index in [9.17, 15) is 4.79 Å². The van der Waals surface area contributed by atoms with Gasteiger partial charge in [-0.2, -0.15) is 0 Å². The maximum atomic E-state index is 12.3. The molecule has 0 aliphatic rings. The number of anilines is 1. The second-order valence-corrected chi connectivity index (χ2v) is 8.28. The third-order valence-electron chi connectivity index (χ3n) is 4.11. The number of benzene rings is 2. The normalized spacial score (nSPS) is 12.2. The van der Waals surface area contributed by atoms with Crippen LogP contribution in [-0.4, -0.2) is 26.6 Å². The maximum absolute atomic E-state index is 12.3. The fraction of sp³-hybridized carbons (Fsp3) is 0.150. The number of nitrogens with zero attached hydrogens (tertiary/aromatic N) is 2. The maximum Gasteiger partial charge on any atom is 0.234 e. The van der Waals surface area contributed by atoms with Crippen LogP contribution in [0.1, 0.15) is 18.0 Å². The summed E-state index contributed by atoms with van der Waals surface area (Å²) in [7, 11) is 0. The molecule has 0 spiro atoms. The zero-order chi connectivity index (χ0) is 18.6. The number of aromatic nitrogens is 3. The minimum Gasteiger partial charge on any atom is -0.341 e. The summed E-state index contributed by atoms with van der Waals surface area (Å²) in [5, 5.41) is 5.97. The van der Waals surface area contributed by atoms with Crippen LogP contribution >= 0.6 is 23.1 Å². The molecule has 1 atom stereocenters. The van der Waals surface area contributed by atoms with E-state index in [0.29, 0.717) is 5.75 Å². The van der Waals surface area contributed by atoms with E-state index < -0.39 is 0 Å². The molecule has 0 aliphatic heterocycles. The molecule has 4 rings (SSSR count). The SMILES string of the molecule is CC(SCC(=O)Nc1ccc(-c2nccs2)cc1)c1nc2ccccc2[nH]1. The van der Waals surface area contributed by atoms with Crippen molar-refractivity contribution in [2.75, 3.05) is 11.1 Å². The minimum atomic E-state index is -0.0232. The summed E-state index contributed by atoms with van der Waals surface area (Å²) in [6, 6.07) is 15.7. The molecule has 136 valence electrons. The highest BCUT2D eigenvalue weighted by molar-refractivity contribution is 8.00. The number of amides is 1. The zero-order valence-corrected chi connectivity index (χ0v) is 16.3. The fourth-order valence-electron chi connectivity index (χ4n) is 2.70. The Labute approximate surface area is 165 Å². The smallest absolute Gasteiger partial charge is 0.234 e. The number of imidazole rings is 1. The molecule has 5 nitrogen and oxygen atoms in total. The van der Waals surface area contributed by atoms with E-state index in [4.69, 9.17) is 0 Å². The topological polar surface area (TPSA) is 70.7 Å². The number of para-hydroxylation sites is 2. The standard InChI is InChI=1S/C20H18N4OS2/c1-13(19-23-16-4-2-3-5-17(16)24-19)27-12-18(25)22-15-8-6-14(7-9-15)20-21-10-11-26-20/h2-11,13H,12H2,1H3,(H,22,25)(H,23,24). The molecule has 0 fully saturated rings. The summed E-state index contributed by atoms with van der Waals surface area (Å²) in [5.74, 6) is 1.23.